The summed E-state index contributed by atoms with van der Waals surface area (Å²) in [6.45, 7) is 1.91. The van der Waals surface area contributed by atoms with Crippen LogP contribution in [-0.4, -0.2) is 4.98 Å². The first-order valence-electron chi connectivity index (χ1n) is 4.78. The Balaban J connectivity index is 2.08. The smallest absolute Gasteiger partial charge is 0.191 e. The summed E-state index contributed by atoms with van der Waals surface area (Å²) in [5.41, 5.74) is 0. The van der Waals surface area contributed by atoms with E-state index in [9.17, 15) is 0 Å². The zero-order chi connectivity index (χ0) is 8.39. The highest BCUT2D eigenvalue weighted by molar-refractivity contribution is 5.02. The normalized spacial score (nSPS) is 19.8. The van der Waals surface area contributed by atoms with Crippen molar-refractivity contribution in [2.45, 2.75) is 44.9 Å². The van der Waals surface area contributed by atoms with Crippen molar-refractivity contribution in [1.82, 2.24) is 4.98 Å². The molecule has 0 amide bonds. The molecule has 0 aliphatic heterocycles. The summed E-state index contributed by atoms with van der Waals surface area (Å²) in [4.78, 5) is 4.13. The van der Waals surface area contributed by atoms with E-state index in [2.05, 4.69) is 4.98 Å². The minimum atomic E-state index is 0.653. The number of aromatic nitrogens is 1. The molecule has 0 aromatic carbocycles. The topological polar surface area (TPSA) is 26.0 Å². The van der Waals surface area contributed by atoms with Gasteiger partial charge >= 0.3 is 0 Å². The largest absolute Gasteiger partial charge is 0.446 e. The Kier molecular flexibility index (Phi) is 2.15. The van der Waals surface area contributed by atoms with Gasteiger partial charge in [-0.25, -0.2) is 4.98 Å². The predicted octanol–water partition coefficient (Wildman–Crippen LogP) is 3.03. The maximum absolute atomic E-state index is 5.51. The maximum Gasteiger partial charge on any atom is 0.191 e. The van der Waals surface area contributed by atoms with Crippen molar-refractivity contribution in [3.05, 3.63) is 17.8 Å². The first-order chi connectivity index (χ1) is 5.86. The molecule has 1 saturated carbocycles. The van der Waals surface area contributed by atoms with Gasteiger partial charge in [-0.1, -0.05) is 19.3 Å². The summed E-state index contributed by atoms with van der Waals surface area (Å²) >= 11 is 0. The van der Waals surface area contributed by atoms with Crippen LogP contribution < -0.4 is 0 Å². The Morgan fingerprint density at radius 2 is 2.08 bits per heavy atom. The van der Waals surface area contributed by atoms with Crippen molar-refractivity contribution in [2.75, 3.05) is 0 Å². The molecule has 1 aromatic heterocycles. The molecule has 2 nitrogen and oxygen atoms in total. The van der Waals surface area contributed by atoms with E-state index in [0.717, 1.165) is 11.7 Å². The number of rotatable bonds is 1. The first kappa shape index (κ1) is 7.84. The molecule has 1 aromatic rings. The standard InChI is InChI=1S/C10H15NO/c1-8-11-7-10(12-8)9-5-3-2-4-6-9/h7,9H,2-6H2,1H3. The summed E-state index contributed by atoms with van der Waals surface area (Å²) < 4.78 is 5.51. The van der Waals surface area contributed by atoms with Gasteiger partial charge in [0.1, 0.15) is 5.76 Å². The quantitative estimate of drug-likeness (QED) is 0.639. The van der Waals surface area contributed by atoms with E-state index in [0.29, 0.717) is 5.92 Å². The highest BCUT2D eigenvalue weighted by Gasteiger charge is 2.18. The van der Waals surface area contributed by atoms with Crippen LogP contribution in [0.2, 0.25) is 0 Å². The van der Waals surface area contributed by atoms with E-state index in [1.165, 1.54) is 32.1 Å². The molecule has 2 heteroatoms. The average Bonchev–Trinajstić information content (AvgIpc) is 2.54. The zero-order valence-electron chi connectivity index (χ0n) is 7.55. The van der Waals surface area contributed by atoms with Gasteiger partial charge in [0.2, 0.25) is 0 Å². The zero-order valence-corrected chi connectivity index (χ0v) is 7.55. The molecule has 0 saturated heterocycles. The highest BCUT2D eigenvalue weighted by atomic mass is 16.4. The van der Waals surface area contributed by atoms with Crippen LogP contribution in [0.1, 0.15) is 49.7 Å². The molecule has 66 valence electrons. The lowest BCUT2D eigenvalue weighted by molar-refractivity contribution is 0.365. The molecule has 0 unspecified atom stereocenters. The molecule has 0 N–H and O–H groups in total. The van der Waals surface area contributed by atoms with Crippen LogP contribution in [0, 0.1) is 6.92 Å². The van der Waals surface area contributed by atoms with Crippen molar-refractivity contribution in [2.24, 2.45) is 0 Å². The van der Waals surface area contributed by atoms with Crippen molar-refractivity contribution in [3.8, 4) is 0 Å². The van der Waals surface area contributed by atoms with Crippen molar-refractivity contribution in [1.29, 1.82) is 0 Å². The molecule has 1 aliphatic carbocycles. The SMILES string of the molecule is Cc1ncc(C2CCCCC2)o1. The Hall–Kier alpha value is -0.790. The fraction of sp³-hybridized carbons (Fsp3) is 0.700. The molecule has 1 aliphatic rings. The van der Waals surface area contributed by atoms with Crippen LogP contribution in [0.3, 0.4) is 0 Å². The summed E-state index contributed by atoms with van der Waals surface area (Å²) in [6.07, 6.45) is 8.56. The summed E-state index contributed by atoms with van der Waals surface area (Å²) in [5.74, 6) is 2.56. The van der Waals surface area contributed by atoms with Gasteiger partial charge in [-0.3, -0.25) is 0 Å². The Labute approximate surface area is 73.0 Å². The van der Waals surface area contributed by atoms with Crippen LogP contribution in [0.4, 0.5) is 0 Å². The van der Waals surface area contributed by atoms with Gasteiger partial charge in [0.15, 0.2) is 5.89 Å². The van der Waals surface area contributed by atoms with Gasteiger partial charge in [-0.05, 0) is 12.8 Å². The molecule has 0 radical (unpaired) electrons. The second-order valence-corrected chi connectivity index (χ2v) is 3.62. The van der Waals surface area contributed by atoms with E-state index in [1.807, 2.05) is 13.1 Å². The lowest BCUT2D eigenvalue weighted by Gasteiger charge is -2.18. The summed E-state index contributed by atoms with van der Waals surface area (Å²) in [5, 5.41) is 0. The third-order valence-corrected chi connectivity index (χ3v) is 2.65. The molecular formula is C10H15NO. The molecule has 1 heterocycles. The Morgan fingerprint density at radius 3 is 2.67 bits per heavy atom. The number of hydrogen-bond donors (Lipinski definition) is 0. The van der Waals surface area contributed by atoms with E-state index in [1.54, 1.807) is 0 Å². The molecule has 0 bridgehead atoms. The number of hydrogen-bond acceptors (Lipinski definition) is 2. The third-order valence-electron chi connectivity index (χ3n) is 2.65. The molecule has 0 spiro atoms. The molecule has 12 heavy (non-hydrogen) atoms. The van der Waals surface area contributed by atoms with Crippen LogP contribution in [0.25, 0.3) is 0 Å². The minimum Gasteiger partial charge on any atom is -0.446 e. The molecule has 2 rings (SSSR count). The first-order valence-corrected chi connectivity index (χ1v) is 4.78. The second kappa shape index (κ2) is 3.30. The highest BCUT2D eigenvalue weighted by Crippen LogP contribution is 2.32. The van der Waals surface area contributed by atoms with E-state index in [4.69, 9.17) is 4.42 Å². The molecular weight excluding hydrogens is 150 g/mol. The summed E-state index contributed by atoms with van der Waals surface area (Å²) in [6, 6.07) is 0. The third kappa shape index (κ3) is 1.52. The number of oxazole rings is 1. The van der Waals surface area contributed by atoms with Gasteiger partial charge in [0, 0.05) is 12.8 Å². The van der Waals surface area contributed by atoms with Crippen LogP contribution in [0.5, 0.6) is 0 Å². The fourth-order valence-corrected chi connectivity index (χ4v) is 1.95. The lowest BCUT2D eigenvalue weighted by atomic mass is 9.88. The fourth-order valence-electron chi connectivity index (χ4n) is 1.95. The monoisotopic (exact) mass is 165 g/mol. The Bertz CT molecular complexity index is 248. The average molecular weight is 165 g/mol. The van der Waals surface area contributed by atoms with Crippen LogP contribution in [-0.2, 0) is 0 Å². The van der Waals surface area contributed by atoms with Gasteiger partial charge in [0.05, 0.1) is 6.20 Å². The van der Waals surface area contributed by atoms with Crippen molar-refractivity contribution < 1.29 is 4.42 Å². The lowest BCUT2D eigenvalue weighted by Crippen LogP contribution is -2.02. The van der Waals surface area contributed by atoms with E-state index >= 15 is 0 Å². The van der Waals surface area contributed by atoms with Crippen molar-refractivity contribution >= 4 is 0 Å². The second-order valence-electron chi connectivity index (χ2n) is 3.62. The Morgan fingerprint density at radius 1 is 1.33 bits per heavy atom. The maximum atomic E-state index is 5.51. The predicted molar refractivity (Wildman–Crippen MR) is 47.1 cm³/mol. The van der Waals surface area contributed by atoms with E-state index < -0.39 is 0 Å². The number of nitrogens with zero attached hydrogens (tertiary/aromatic N) is 1. The van der Waals surface area contributed by atoms with Gasteiger partial charge in [-0.15, -0.1) is 0 Å². The van der Waals surface area contributed by atoms with Gasteiger partial charge in [-0.2, -0.15) is 0 Å². The van der Waals surface area contributed by atoms with Crippen molar-refractivity contribution in [3.63, 3.8) is 0 Å². The molecule has 0 atom stereocenters. The van der Waals surface area contributed by atoms with Crippen LogP contribution >= 0.6 is 0 Å². The van der Waals surface area contributed by atoms with E-state index in [-0.39, 0.29) is 0 Å². The van der Waals surface area contributed by atoms with Crippen LogP contribution in [0.15, 0.2) is 10.6 Å². The van der Waals surface area contributed by atoms with Gasteiger partial charge < -0.3 is 4.42 Å². The van der Waals surface area contributed by atoms with Gasteiger partial charge in [0.25, 0.3) is 0 Å². The minimum absolute atomic E-state index is 0.653. The molecule has 1 fully saturated rings. The number of aryl methyl sites for hydroxylation is 1. The summed E-state index contributed by atoms with van der Waals surface area (Å²) in [7, 11) is 0.